The second kappa shape index (κ2) is 10.4. The SMILES string of the molecule is COc1cc(NC(=O)c2ccccc2)c(OC)cc1NC(=O)CCc1cc(F)ccc1F. The smallest absolute Gasteiger partial charge is 0.255 e. The molecule has 0 fully saturated rings. The maximum absolute atomic E-state index is 13.8. The summed E-state index contributed by atoms with van der Waals surface area (Å²) in [4.78, 5) is 24.9. The van der Waals surface area contributed by atoms with Crippen LogP contribution in [0.5, 0.6) is 11.5 Å². The van der Waals surface area contributed by atoms with Crippen molar-refractivity contribution in [1.29, 1.82) is 0 Å². The first kappa shape index (κ1) is 22.7. The lowest BCUT2D eigenvalue weighted by Crippen LogP contribution is -2.15. The van der Waals surface area contributed by atoms with Gasteiger partial charge >= 0.3 is 0 Å². The maximum Gasteiger partial charge on any atom is 0.255 e. The van der Waals surface area contributed by atoms with Crippen molar-refractivity contribution in [1.82, 2.24) is 0 Å². The molecule has 0 aromatic heterocycles. The molecular formula is C24H22F2N2O4. The number of halogens is 2. The summed E-state index contributed by atoms with van der Waals surface area (Å²) in [5.74, 6) is -1.30. The van der Waals surface area contributed by atoms with Gasteiger partial charge in [-0.25, -0.2) is 8.78 Å². The largest absolute Gasteiger partial charge is 0.494 e. The van der Waals surface area contributed by atoms with Crippen molar-refractivity contribution in [3.63, 3.8) is 0 Å². The summed E-state index contributed by atoms with van der Waals surface area (Å²) in [6.45, 7) is 0. The second-order valence-corrected chi connectivity index (χ2v) is 6.86. The van der Waals surface area contributed by atoms with E-state index in [1.807, 2.05) is 0 Å². The summed E-state index contributed by atoms with van der Waals surface area (Å²) >= 11 is 0. The number of benzene rings is 3. The summed E-state index contributed by atoms with van der Waals surface area (Å²) in [7, 11) is 2.85. The first-order valence-electron chi connectivity index (χ1n) is 9.77. The molecule has 3 rings (SSSR count). The van der Waals surface area contributed by atoms with Crippen molar-refractivity contribution >= 4 is 23.2 Å². The molecule has 8 heteroatoms. The Hall–Kier alpha value is -3.94. The lowest BCUT2D eigenvalue weighted by Gasteiger charge is -2.16. The average molecular weight is 440 g/mol. The van der Waals surface area contributed by atoms with Crippen LogP contribution in [0.3, 0.4) is 0 Å². The summed E-state index contributed by atoms with van der Waals surface area (Å²) in [6.07, 6.45) is -0.0432. The molecule has 6 nitrogen and oxygen atoms in total. The van der Waals surface area contributed by atoms with Gasteiger partial charge in [0.25, 0.3) is 5.91 Å². The molecule has 0 radical (unpaired) electrons. The van der Waals surface area contributed by atoms with E-state index in [1.54, 1.807) is 30.3 Å². The van der Waals surface area contributed by atoms with Crippen LogP contribution < -0.4 is 20.1 Å². The molecule has 32 heavy (non-hydrogen) atoms. The molecule has 0 aliphatic carbocycles. The number of anilines is 2. The van der Waals surface area contributed by atoms with E-state index < -0.39 is 17.5 Å². The van der Waals surface area contributed by atoms with E-state index in [0.29, 0.717) is 28.4 Å². The quantitative estimate of drug-likeness (QED) is 0.527. The van der Waals surface area contributed by atoms with Gasteiger partial charge in [0, 0.05) is 24.1 Å². The number of carbonyl (C=O) groups excluding carboxylic acids is 2. The van der Waals surface area contributed by atoms with E-state index in [2.05, 4.69) is 10.6 Å². The van der Waals surface area contributed by atoms with Crippen molar-refractivity contribution in [2.45, 2.75) is 12.8 Å². The molecule has 2 N–H and O–H groups in total. The Morgan fingerprint density at radius 2 is 1.47 bits per heavy atom. The fourth-order valence-electron chi connectivity index (χ4n) is 3.07. The molecule has 0 atom stereocenters. The first-order chi connectivity index (χ1) is 15.4. The molecule has 0 saturated carbocycles. The van der Waals surface area contributed by atoms with E-state index in [-0.39, 0.29) is 24.3 Å². The van der Waals surface area contributed by atoms with Crippen LogP contribution in [-0.4, -0.2) is 26.0 Å². The highest BCUT2D eigenvalue weighted by molar-refractivity contribution is 6.05. The van der Waals surface area contributed by atoms with Gasteiger partial charge in [-0.2, -0.15) is 0 Å². The van der Waals surface area contributed by atoms with Crippen molar-refractivity contribution in [2.75, 3.05) is 24.9 Å². The minimum absolute atomic E-state index is 0.0279. The third-order valence-corrected chi connectivity index (χ3v) is 4.71. The van der Waals surface area contributed by atoms with Gasteiger partial charge in [0.05, 0.1) is 25.6 Å². The molecular weight excluding hydrogens is 418 g/mol. The van der Waals surface area contributed by atoms with Gasteiger partial charge in [-0.15, -0.1) is 0 Å². The van der Waals surface area contributed by atoms with Gasteiger partial charge in [-0.3, -0.25) is 9.59 Å². The zero-order chi connectivity index (χ0) is 23.1. The number of amides is 2. The average Bonchev–Trinajstić information content (AvgIpc) is 2.80. The predicted octanol–water partition coefficient (Wildman–Crippen LogP) is 4.81. The zero-order valence-corrected chi connectivity index (χ0v) is 17.6. The molecule has 0 aliphatic rings. The van der Waals surface area contributed by atoms with Gasteiger partial charge in [0.15, 0.2) is 0 Å². The number of hydrogen-bond acceptors (Lipinski definition) is 4. The number of aryl methyl sites for hydroxylation is 1. The Morgan fingerprint density at radius 1 is 0.844 bits per heavy atom. The highest BCUT2D eigenvalue weighted by Gasteiger charge is 2.16. The Kier molecular flexibility index (Phi) is 7.38. The van der Waals surface area contributed by atoms with Crippen LogP contribution >= 0.6 is 0 Å². The minimum atomic E-state index is -0.572. The third-order valence-electron chi connectivity index (χ3n) is 4.71. The van der Waals surface area contributed by atoms with Crippen molar-refractivity contribution in [3.8, 4) is 11.5 Å². The van der Waals surface area contributed by atoms with Gasteiger partial charge in [-0.1, -0.05) is 18.2 Å². The number of rotatable bonds is 8. The summed E-state index contributed by atoms with van der Waals surface area (Å²) in [5, 5.41) is 5.44. The van der Waals surface area contributed by atoms with E-state index >= 15 is 0 Å². The van der Waals surface area contributed by atoms with Gasteiger partial charge in [0.1, 0.15) is 23.1 Å². The summed E-state index contributed by atoms with van der Waals surface area (Å²) < 4.78 is 37.8. The molecule has 3 aromatic carbocycles. The predicted molar refractivity (Wildman–Crippen MR) is 117 cm³/mol. The van der Waals surface area contributed by atoms with E-state index in [9.17, 15) is 18.4 Å². The number of nitrogens with one attached hydrogen (secondary N) is 2. The van der Waals surface area contributed by atoms with E-state index in [0.717, 1.165) is 18.2 Å². The number of carbonyl (C=O) groups is 2. The molecule has 0 aliphatic heterocycles. The van der Waals surface area contributed by atoms with E-state index in [1.165, 1.54) is 26.4 Å². The Bertz CT molecular complexity index is 1120. The summed E-state index contributed by atoms with van der Waals surface area (Å²) in [5.41, 5.74) is 1.25. The fourth-order valence-corrected chi connectivity index (χ4v) is 3.07. The lowest BCUT2D eigenvalue weighted by atomic mass is 10.1. The maximum atomic E-state index is 13.8. The first-order valence-corrected chi connectivity index (χ1v) is 9.77. The van der Waals surface area contributed by atoms with Crippen LogP contribution in [-0.2, 0) is 11.2 Å². The molecule has 0 spiro atoms. The lowest BCUT2D eigenvalue weighted by molar-refractivity contribution is -0.116. The Balaban J connectivity index is 1.74. The second-order valence-electron chi connectivity index (χ2n) is 6.86. The van der Waals surface area contributed by atoms with Gasteiger partial charge < -0.3 is 20.1 Å². The molecule has 166 valence electrons. The topological polar surface area (TPSA) is 76.7 Å². The van der Waals surface area contributed by atoms with Gasteiger partial charge in [-0.05, 0) is 42.3 Å². The highest BCUT2D eigenvalue weighted by Crippen LogP contribution is 2.36. The number of hydrogen-bond donors (Lipinski definition) is 2. The van der Waals surface area contributed by atoms with Crippen LogP contribution in [0.15, 0.2) is 60.7 Å². The third kappa shape index (κ3) is 5.60. The number of methoxy groups -OCH3 is 2. The van der Waals surface area contributed by atoms with Crippen molar-refractivity contribution in [3.05, 3.63) is 83.4 Å². The van der Waals surface area contributed by atoms with Crippen LogP contribution in [0.1, 0.15) is 22.3 Å². The van der Waals surface area contributed by atoms with Crippen LogP contribution in [0.25, 0.3) is 0 Å². The van der Waals surface area contributed by atoms with Crippen LogP contribution in [0.4, 0.5) is 20.2 Å². The molecule has 0 bridgehead atoms. The number of ether oxygens (including phenoxy) is 2. The normalized spacial score (nSPS) is 10.4. The molecule has 0 heterocycles. The zero-order valence-electron chi connectivity index (χ0n) is 17.6. The van der Waals surface area contributed by atoms with Crippen LogP contribution in [0.2, 0.25) is 0 Å². The molecule has 0 unspecified atom stereocenters. The van der Waals surface area contributed by atoms with E-state index in [4.69, 9.17) is 9.47 Å². The Morgan fingerprint density at radius 3 is 2.09 bits per heavy atom. The van der Waals surface area contributed by atoms with Crippen LogP contribution in [0, 0.1) is 11.6 Å². The van der Waals surface area contributed by atoms with Crippen molar-refractivity contribution in [2.24, 2.45) is 0 Å². The monoisotopic (exact) mass is 440 g/mol. The summed E-state index contributed by atoms with van der Waals surface area (Å²) in [6, 6.07) is 14.8. The molecule has 0 saturated heterocycles. The van der Waals surface area contributed by atoms with Gasteiger partial charge in [0.2, 0.25) is 5.91 Å². The molecule has 2 amide bonds. The standard InChI is InChI=1S/C24H22F2N2O4/c1-31-21-14-20(28-24(30)15-6-4-3-5-7-15)22(32-2)13-19(21)27-23(29)11-8-16-12-17(25)9-10-18(16)26/h3-7,9-10,12-14H,8,11H2,1-2H3,(H,27,29)(H,28,30). The fraction of sp³-hybridized carbons (Fsp3) is 0.167. The minimum Gasteiger partial charge on any atom is -0.494 e. The Labute approximate surface area is 184 Å². The highest BCUT2D eigenvalue weighted by atomic mass is 19.1. The van der Waals surface area contributed by atoms with Crippen molar-refractivity contribution < 1.29 is 27.8 Å². The molecule has 3 aromatic rings.